The second kappa shape index (κ2) is 12.1. The maximum absolute atomic E-state index is 12.4. The first kappa shape index (κ1) is 25.3. The van der Waals surface area contributed by atoms with Crippen molar-refractivity contribution in [3.63, 3.8) is 0 Å². The minimum Gasteiger partial charge on any atom is -0.357 e. The van der Waals surface area contributed by atoms with Crippen molar-refractivity contribution in [3.8, 4) is 0 Å². The van der Waals surface area contributed by atoms with Gasteiger partial charge in [0.05, 0.1) is 18.1 Å². The van der Waals surface area contributed by atoms with Gasteiger partial charge >= 0.3 is 0 Å². The van der Waals surface area contributed by atoms with Crippen LogP contribution in [0, 0.1) is 5.92 Å². The van der Waals surface area contributed by atoms with Crippen molar-refractivity contribution in [2.24, 2.45) is 18.0 Å². The van der Waals surface area contributed by atoms with Crippen LogP contribution in [0.5, 0.6) is 0 Å². The van der Waals surface area contributed by atoms with E-state index in [4.69, 9.17) is 16.6 Å². The quantitative estimate of drug-likeness (QED) is 0.322. The third-order valence-corrected chi connectivity index (χ3v) is 6.19. The lowest BCUT2D eigenvalue weighted by molar-refractivity contribution is -0.139. The summed E-state index contributed by atoms with van der Waals surface area (Å²) >= 11 is 6.10. The predicted octanol–water partition coefficient (Wildman–Crippen LogP) is 2.64. The van der Waals surface area contributed by atoms with Gasteiger partial charge < -0.3 is 19.7 Å². The molecule has 30 heavy (non-hydrogen) atoms. The first-order valence-electron chi connectivity index (χ1n) is 10.8. The third-order valence-electron chi connectivity index (χ3n) is 5.99. The Bertz CT molecular complexity index is 712. The van der Waals surface area contributed by atoms with Gasteiger partial charge in [-0.15, -0.1) is 24.0 Å². The van der Waals surface area contributed by atoms with Crippen LogP contribution in [0.25, 0.3) is 0 Å². The molecule has 1 N–H and O–H groups in total. The van der Waals surface area contributed by atoms with E-state index in [1.807, 2.05) is 30.9 Å². The van der Waals surface area contributed by atoms with Gasteiger partial charge in [-0.05, 0) is 25.8 Å². The van der Waals surface area contributed by atoms with Gasteiger partial charge in [-0.3, -0.25) is 14.7 Å². The lowest BCUT2D eigenvalue weighted by Gasteiger charge is -2.38. The zero-order chi connectivity index (χ0) is 20.8. The lowest BCUT2D eigenvalue weighted by atomic mass is 9.84. The summed E-state index contributed by atoms with van der Waals surface area (Å²) in [7, 11) is 4.06. The van der Waals surface area contributed by atoms with Crippen LogP contribution >= 0.6 is 35.6 Å². The van der Waals surface area contributed by atoms with Gasteiger partial charge in [0.15, 0.2) is 5.96 Å². The molecule has 2 aliphatic rings. The van der Waals surface area contributed by atoms with Gasteiger partial charge in [-0.1, -0.05) is 18.0 Å². The van der Waals surface area contributed by atoms with E-state index in [1.165, 1.54) is 6.42 Å². The molecular weight excluding hydrogens is 515 g/mol. The molecule has 9 heteroatoms. The summed E-state index contributed by atoms with van der Waals surface area (Å²) in [6.07, 6.45) is 5.31. The highest BCUT2D eigenvalue weighted by atomic mass is 127. The molecule has 0 atom stereocenters. The van der Waals surface area contributed by atoms with Gasteiger partial charge in [-0.25, -0.2) is 0 Å². The summed E-state index contributed by atoms with van der Waals surface area (Å²) in [6.45, 7) is 8.93. The summed E-state index contributed by atoms with van der Waals surface area (Å²) < 4.78 is 2.05. The van der Waals surface area contributed by atoms with Crippen LogP contribution in [-0.4, -0.2) is 84.0 Å². The number of nitrogens with one attached hydrogen (secondary N) is 1. The zero-order valence-electron chi connectivity index (χ0n) is 18.4. The van der Waals surface area contributed by atoms with Crippen LogP contribution < -0.4 is 5.32 Å². The van der Waals surface area contributed by atoms with E-state index in [0.717, 1.165) is 81.9 Å². The lowest BCUT2D eigenvalue weighted by Crippen LogP contribution is -2.51. The second-order valence-corrected chi connectivity index (χ2v) is 8.58. The zero-order valence-corrected chi connectivity index (χ0v) is 21.5. The van der Waals surface area contributed by atoms with Crippen molar-refractivity contribution in [1.29, 1.82) is 0 Å². The Balaban J connectivity index is 0.00000320. The smallest absolute Gasteiger partial charge is 0.225 e. The number of amides is 1. The van der Waals surface area contributed by atoms with Crippen LogP contribution in [0.3, 0.4) is 0 Å². The minimum atomic E-state index is 0. The van der Waals surface area contributed by atoms with E-state index in [-0.39, 0.29) is 24.0 Å². The fourth-order valence-corrected chi connectivity index (χ4v) is 4.19. The summed E-state index contributed by atoms with van der Waals surface area (Å²) in [4.78, 5) is 23.8. The molecule has 7 nitrogen and oxygen atoms in total. The Morgan fingerprint density at radius 2 is 2.00 bits per heavy atom. The molecular formula is C21H36ClIN6O. The fourth-order valence-electron chi connectivity index (χ4n) is 3.91. The molecule has 2 fully saturated rings. The standard InChI is InChI=1S/C21H35ClN6O.HI/c1-4-23-21(26(3)16-19-14-18(22)15-25(19)2)24-8-9-27-10-12-28(13-11-27)20(29)17-6-5-7-17;/h14-15,17H,4-13,16H2,1-3H3,(H,23,24);1H. The molecule has 1 aromatic rings. The van der Waals surface area contributed by atoms with E-state index >= 15 is 0 Å². The number of piperazine rings is 1. The van der Waals surface area contributed by atoms with Crippen LogP contribution in [0.4, 0.5) is 0 Å². The normalized spacial score (nSPS) is 18.0. The summed E-state index contributed by atoms with van der Waals surface area (Å²) in [6, 6.07) is 1.99. The van der Waals surface area contributed by atoms with Crippen molar-refractivity contribution >= 4 is 47.4 Å². The number of halogens is 2. The van der Waals surface area contributed by atoms with Gasteiger partial charge in [0, 0.05) is 71.2 Å². The Hall–Kier alpha value is -1.000. The number of rotatable bonds is 7. The molecule has 1 aliphatic carbocycles. The largest absolute Gasteiger partial charge is 0.357 e. The molecule has 0 spiro atoms. The number of aryl methyl sites for hydroxylation is 1. The third kappa shape index (κ3) is 6.75. The monoisotopic (exact) mass is 550 g/mol. The summed E-state index contributed by atoms with van der Waals surface area (Å²) in [5.74, 6) is 1.60. The Morgan fingerprint density at radius 3 is 2.53 bits per heavy atom. The highest BCUT2D eigenvalue weighted by molar-refractivity contribution is 14.0. The first-order valence-corrected chi connectivity index (χ1v) is 11.2. The molecule has 1 saturated carbocycles. The average molecular weight is 551 g/mol. The highest BCUT2D eigenvalue weighted by Crippen LogP contribution is 2.28. The van der Waals surface area contributed by atoms with Crippen LogP contribution in [0.2, 0.25) is 5.02 Å². The van der Waals surface area contributed by atoms with E-state index in [2.05, 4.69) is 26.9 Å². The van der Waals surface area contributed by atoms with E-state index < -0.39 is 0 Å². The topological polar surface area (TPSA) is 56.1 Å². The molecule has 0 radical (unpaired) electrons. The predicted molar refractivity (Wildman–Crippen MR) is 134 cm³/mol. The molecule has 0 unspecified atom stereocenters. The van der Waals surface area contributed by atoms with Crippen molar-refractivity contribution in [2.45, 2.75) is 32.7 Å². The molecule has 2 heterocycles. The van der Waals surface area contributed by atoms with Crippen molar-refractivity contribution in [2.75, 3.05) is 52.9 Å². The van der Waals surface area contributed by atoms with Crippen molar-refractivity contribution < 1.29 is 4.79 Å². The number of carbonyl (C=O) groups excluding carboxylic acids is 1. The number of carbonyl (C=O) groups is 1. The number of hydrogen-bond acceptors (Lipinski definition) is 3. The van der Waals surface area contributed by atoms with Crippen LogP contribution in [0.15, 0.2) is 17.3 Å². The van der Waals surface area contributed by atoms with Gasteiger partial charge in [0.25, 0.3) is 0 Å². The molecule has 0 bridgehead atoms. The maximum Gasteiger partial charge on any atom is 0.225 e. The fraction of sp³-hybridized carbons (Fsp3) is 0.714. The molecule has 0 aromatic carbocycles. The summed E-state index contributed by atoms with van der Waals surface area (Å²) in [5.41, 5.74) is 1.15. The Kier molecular flexibility index (Phi) is 10.2. The maximum atomic E-state index is 12.4. The molecule has 1 amide bonds. The van der Waals surface area contributed by atoms with Crippen molar-refractivity contribution in [1.82, 2.24) is 24.6 Å². The highest BCUT2D eigenvalue weighted by Gasteiger charge is 2.31. The molecule has 1 aromatic heterocycles. The van der Waals surface area contributed by atoms with Crippen LogP contribution in [-0.2, 0) is 18.4 Å². The Morgan fingerprint density at radius 1 is 1.30 bits per heavy atom. The number of hydrogen-bond donors (Lipinski definition) is 1. The summed E-state index contributed by atoms with van der Waals surface area (Å²) in [5, 5.41) is 4.13. The average Bonchev–Trinajstić information content (AvgIpc) is 2.97. The molecule has 1 aliphatic heterocycles. The molecule has 1 saturated heterocycles. The number of guanidine groups is 1. The van der Waals surface area contributed by atoms with E-state index in [9.17, 15) is 4.79 Å². The van der Waals surface area contributed by atoms with Gasteiger partial charge in [0.1, 0.15) is 0 Å². The van der Waals surface area contributed by atoms with Crippen LogP contribution in [0.1, 0.15) is 31.9 Å². The molecule has 3 rings (SSSR count). The van der Waals surface area contributed by atoms with Crippen molar-refractivity contribution in [3.05, 3.63) is 23.0 Å². The number of nitrogens with zero attached hydrogens (tertiary/aromatic N) is 5. The van der Waals surface area contributed by atoms with E-state index in [0.29, 0.717) is 11.8 Å². The Labute approximate surface area is 202 Å². The SMILES string of the molecule is CCNC(=NCCN1CCN(C(=O)C2CCC2)CC1)N(C)Cc1cc(Cl)cn1C.I. The van der Waals surface area contributed by atoms with Gasteiger partial charge in [-0.2, -0.15) is 0 Å². The van der Waals surface area contributed by atoms with E-state index in [1.54, 1.807) is 0 Å². The first-order chi connectivity index (χ1) is 14.0. The minimum absolute atomic E-state index is 0. The second-order valence-electron chi connectivity index (χ2n) is 8.15. The number of aliphatic imine (C=N–C) groups is 1. The van der Waals surface area contributed by atoms with Gasteiger partial charge in [0.2, 0.25) is 5.91 Å². The number of aromatic nitrogens is 1. The molecule has 170 valence electrons.